The Bertz CT molecular complexity index is 1200. The number of aryl methyl sites for hydroxylation is 2. The third-order valence-corrected chi connectivity index (χ3v) is 5.83. The molecule has 0 spiro atoms. The van der Waals surface area contributed by atoms with Crippen LogP contribution < -0.4 is 5.56 Å². The monoisotopic (exact) mass is 393 g/mol. The second kappa shape index (κ2) is 7.09. The first-order valence-corrected chi connectivity index (χ1v) is 9.70. The number of nitrogens with one attached hydrogen (secondary N) is 1. The van der Waals surface area contributed by atoms with Crippen molar-refractivity contribution < 1.29 is 9.53 Å². The molecular weight excluding hydrogens is 374 g/mol. The van der Waals surface area contributed by atoms with Crippen LogP contribution in [0.15, 0.2) is 53.6 Å². The molecule has 0 aliphatic carbocycles. The largest absolute Gasteiger partial charge is 0.451 e. The summed E-state index contributed by atoms with van der Waals surface area (Å²) in [4.78, 5) is 33.9. The van der Waals surface area contributed by atoms with Gasteiger partial charge in [0.05, 0.1) is 10.9 Å². The van der Waals surface area contributed by atoms with Crippen molar-refractivity contribution in [2.45, 2.75) is 26.9 Å². The van der Waals surface area contributed by atoms with Gasteiger partial charge in [0.1, 0.15) is 4.83 Å². The van der Waals surface area contributed by atoms with Crippen molar-refractivity contribution in [1.29, 1.82) is 0 Å². The number of aromatic nitrogens is 3. The fraction of sp³-hybridized carbons (Fsp3) is 0.190. The Morgan fingerprint density at radius 1 is 1.18 bits per heavy atom. The second-order valence-electron chi connectivity index (χ2n) is 6.60. The Morgan fingerprint density at radius 3 is 2.54 bits per heavy atom. The van der Waals surface area contributed by atoms with Crippen LogP contribution in [-0.4, -0.2) is 20.5 Å². The van der Waals surface area contributed by atoms with Gasteiger partial charge >= 0.3 is 5.97 Å². The molecule has 4 rings (SSSR count). The highest BCUT2D eigenvalue weighted by Crippen LogP contribution is 2.27. The molecule has 0 saturated carbocycles. The number of carbonyl (C=O) groups excluding carboxylic acids is 1. The van der Waals surface area contributed by atoms with E-state index in [9.17, 15) is 9.59 Å². The van der Waals surface area contributed by atoms with Crippen LogP contribution in [0, 0.1) is 13.8 Å². The summed E-state index contributed by atoms with van der Waals surface area (Å²) in [5.74, 6) is -0.121. The highest BCUT2D eigenvalue weighted by atomic mass is 32.1. The summed E-state index contributed by atoms with van der Waals surface area (Å²) in [5, 5.41) is 0.602. The Labute approximate surface area is 165 Å². The van der Waals surface area contributed by atoms with Crippen molar-refractivity contribution in [2.24, 2.45) is 0 Å². The van der Waals surface area contributed by atoms with E-state index in [1.807, 2.05) is 55.1 Å². The van der Waals surface area contributed by atoms with Crippen LogP contribution in [0.4, 0.5) is 0 Å². The molecule has 0 unspecified atom stereocenters. The topological polar surface area (TPSA) is 77.0 Å². The number of rotatable bonds is 4. The number of hydrogen-bond acceptors (Lipinski definition) is 5. The van der Waals surface area contributed by atoms with Gasteiger partial charge < -0.3 is 14.3 Å². The molecule has 3 heterocycles. The number of benzene rings is 1. The van der Waals surface area contributed by atoms with E-state index in [2.05, 4.69) is 9.97 Å². The van der Waals surface area contributed by atoms with E-state index in [1.165, 1.54) is 11.3 Å². The molecule has 6 nitrogen and oxygen atoms in total. The molecule has 3 aromatic heterocycles. The minimum atomic E-state index is -0.670. The quantitative estimate of drug-likeness (QED) is 0.524. The molecule has 28 heavy (non-hydrogen) atoms. The first kappa shape index (κ1) is 18.2. The van der Waals surface area contributed by atoms with Crippen molar-refractivity contribution in [3.63, 3.8) is 0 Å². The number of esters is 1. The maximum Gasteiger partial charge on any atom is 0.338 e. The SMILES string of the molecule is Cc1sc2nc([C@@H](C)OC(=O)c3ccc(-n4cccc4)cc3)[nH]c(=O)c2c1C. The van der Waals surface area contributed by atoms with Crippen LogP contribution >= 0.6 is 11.3 Å². The third kappa shape index (κ3) is 3.25. The number of hydrogen-bond donors (Lipinski definition) is 1. The first-order valence-electron chi connectivity index (χ1n) is 8.88. The molecule has 142 valence electrons. The van der Waals surface area contributed by atoms with E-state index >= 15 is 0 Å². The summed E-state index contributed by atoms with van der Waals surface area (Å²) in [5.41, 5.74) is 2.12. The lowest BCUT2D eigenvalue weighted by Crippen LogP contribution is -2.17. The fourth-order valence-electron chi connectivity index (χ4n) is 3.02. The maximum absolute atomic E-state index is 12.5. The maximum atomic E-state index is 12.5. The zero-order valence-corrected chi connectivity index (χ0v) is 16.5. The first-order chi connectivity index (χ1) is 13.4. The molecule has 7 heteroatoms. The summed E-state index contributed by atoms with van der Waals surface area (Å²) in [7, 11) is 0. The number of H-pyrrole nitrogens is 1. The van der Waals surface area contributed by atoms with Gasteiger partial charge in [-0.1, -0.05) is 0 Å². The molecule has 0 amide bonds. The summed E-state index contributed by atoms with van der Waals surface area (Å²) in [6, 6.07) is 11.0. The zero-order valence-electron chi connectivity index (χ0n) is 15.7. The van der Waals surface area contributed by atoms with E-state index in [4.69, 9.17) is 4.74 Å². The van der Waals surface area contributed by atoms with Gasteiger partial charge in [0, 0.05) is 23.0 Å². The predicted octanol–water partition coefficient (Wildman–Crippen LogP) is 4.31. The molecule has 0 bridgehead atoms. The molecule has 4 aromatic rings. The highest BCUT2D eigenvalue weighted by molar-refractivity contribution is 7.18. The van der Waals surface area contributed by atoms with Crippen LogP contribution in [0.2, 0.25) is 0 Å². The molecule has 1 N–H and O–H groups in total. The lowest BCUT2D eigenvalue weighted by atomic mass is 10.2. The average molecular weight is 393 g/mol. The second-order valence-corrected chi connectivity index (χ2v) is 7.80. The Hall–Kier alpha value is -3.19. The van der Waals surface area contributed by atoms with Gasteiger partial charge in [-0.2, -0.15) is 0 Å². The van der Waals surface area contributed by atoms with E-state index in [1.54, 1.807) is 19.1 Å². The van der Waals surface area contributed by atoms with E-state index < -0.39 is 12.1 Å². The Kier molecular flexibility index (Phi) is 4.60. The van der Waals surface area contributed by atoms with Crippen LogP contribution in [0.5, 0.6) is 0 Å². The fourth-order valence-corrected chi connectivity index (χ4v) is 4.06. The van der Waals surface area contributed by atoms with Gasteiger partial charge in [-0.05, 0) is 62.7 Å². The summed E-state index contributed by atoms with van der Waals surface area (Å²) in [6.45, 7) is 5.57. The zero-order chi connectivity index (χ0) is 19.8. The van der Waals surface area contributed by atoms with E-state index in [-0.39, 0.29) is 5.56 Å². The highest BCUT2D eigenvalue weighted by Gasteiger charge is 2.19. The minimum absolute atomic E-state index is 0.208. The van der Waals surface area contributed by atoms with E-state index in [0.717, 1.165) is 16.1 Å². The minimum Gasteiger partial charge on any atom is -0.451 e. The lowest BCUT2D eigenvalue weighted by molar-refractivity contribution is 0.0320. The van der Waals surface area contributed by atoms with Gasteiger partial charge in [0.25, 0.3) is 5.56 Å². The van der Waals surface area contributed by atoms with Gasteiger partial charge in [0.2, 0.25) is 0 Å². The van der Waals surface area contributed by atoms with Crippen LogP contribution in [0.3, 0.4) is 0 Å². The Balaban J connectivity index is 1.54. The smallest absolute Gasteiger partial charge is 0.338 e. The molecular formula is C21H19N3O3S. The molecule has 0 aliphatic heterocycles. The molecule has 0 radical (unpaired) electrons. The Morgan fingerprint density at radius 2 is 1.86 bits per heavy atom. The van der Waals surface area contributed by atoms with Crippen molar-refractivity contribution in [1.82, 2.24) is 14.5 Å². The molecule has 0 saturated heterocycles. The van der Waals surface area contributed by atoms with Gasteiger partial charge in [0.15, 0.2) is 11.9 Å². The standard InChI is InChI=1S/C21H19N3O3S/c1-12-14(3)28-20-17(12)19(25)22-18(23-20)13(2)27-21(26)15-6-8-16(9-7-15)24-10-4-5-11-24/h4-11,13H,1-3H3,(H,22,23,25)/t13-/m1/s1. The number of ether oxygens (including phenoxy) is 1. The van der Waals surface area contributed by atoms with Gasteiger partial charge in [-0.3, -0.25) is 4.79 Å². The molecule has 0 aliphatic rings. The third-order valence-electron chi connectivity index (χ3n) is 4.73. The van der Waals surface area contributed by atoms with E-state index in [0.29, 0.717) is 21.6 Å². The number of nitrogens with zero attached hydrogens (tertiary/aromatic N) is 2. The van der Waals surface area contributed by atoms with Gasteiger partial charge in [-0.25, -0.2) is 9.78 Å². The number of aromatic amines is 1. The number of fused-ring (bicyclic) bond motifs is 1. The number of carbonyl (C=O) groups is 1. The van der Waals surface area contributed by atoms with Crippen LogP contribution in [0.1, 0.15) is 39.7 Å². The van der Waals surface area contributed by atoms with Crippen molar-refractivity contribution in [3.8, 4) is 5.69 Å². The molecule has 1 atom stereocenters. The predicted molar refractivity (Wildman–Crippen MR) is 109 cm³/mol. The lowest BCUT2D eigenvalue weighted by Gasteiger charge is -2.13. The molecule has 1 aromatic carbocycles. The van der Waals surface area contributed by atoms with Crippen molar-refractivity contribution in [2.75, 3.05) is 0 Å². The van der Waals surface area contributed by atoms with Crippen molar-refractivity contribution in [3.05, 3.63) is 81.0 Å². The number of thiophene rings is 1. The summed E-state index contributed by atoms with van der Waals surface area (Å²) >= 11 is 1.47. The summed E-state index contributed by atoms with van der Waals surface area (Å²) in [6.07, 6.45) is 3.19. The summed E-state index contributed by atoms with van der Waals surface area (Å²) < 4.78 is 7.47. The molecule has 0 fully saturated rings. The van der Waals surface area contributed by atoms with Gasteiger partial charge in [-0.15, -0.1) is 11.3 Å². The van der Waals surface area contributed by atoms with Crippen molar-refractivity contribution >= 4 is 27.5 Å². The normalized spacial score (nSPS) is 12.2. The average Bonchev–Trinajstić information content (AvgIpc) is 3.31. The van der Waals surface area contributed by atoms with Crippen LogP contribution in [0.25, 0.3) is 15.9 Å². The van der Waals surface area contributed by atoms with Crippen LogP contribution in [-0.2, 0) is 4.74 Å².